The van der Waals surface area contributed by atoms with Crippen molar-refractivity contribution in [2.75, 3.05) is 13.2 Å². The van der Waals surface area contributed by atoms with Gasteiger partial charge in [0.2, 0.25) is 0 Å². The number of imide groups is 1. The maximum Gasteiger partial charge on any atom is 0.297 e. The molecule has 0 radical (unpaired) electrons. The van der Waals surface area contributed by atoms with Crippen LogP contribution >= 0.6 is 0 Å². The fourth-order valence-corrected chi connectivity index (χ4v) is 5.28. The summed E-state index contributed by atoms with van der Waals surface area (Å²) in [6.07, 6.45) is 1.80. The molecule has 146 valence electrons. The van der Waals surface area contributed by atoms with Gasteiger partial charge in [-0.2, -0.15) is 8.42 Å². The Morgan fingerprint density at radius 2 is 1.48 bits per heavy atom. The van der Waals surface area contributed by atoms with Crippen LogP contribution in [0.3, 0.4) is 0 Å². The fraction of sp³-hybridized carbons (Fsp3) is 0.182. The number of carbonyl (C=O) groups excluding carboxylic acids is 2. The van der Waals surface area contributed by atoms with E-state index in [-0.39, 0.29) is 18.0 Å². The van der Waals surface area contributed by atoms with Crippen molar-refractivity contribution in [1.82, 2.24) is 4.90 Å². The van der Waals surface area contributed by atoms with Crippen LogP contribution in [-0.2, 0) is 27.1 Å². The highest BCUT2D eigenvalue weighted by molar-refractivity contribution is 7.87. The SMILES string of the molecule is O=C1c2ccccc2C(=O)N1CCOS(=O)(=O)c1ccc2c3c(cccc13)CC2. The molecule has 0 aromatic heterocycles. The van der Waals surface area contributed by atoms with Crippen molar-refractivity contribution < 1.29 is 22.2 Å². The van der Waals surface area contributed by atoms with Gasteiger partial charge in [0.15, 0.2) is 0 Å². The molecule has 1 heterocycles. The molecule has 1 aliphatic heterocycles. The monoisotopic (exact) mass is 407 g/mol. The molecule has 29 heavy (non-hydrogen) atoms. The Balaban J connectivity index is 1.37. The summed E-state index contributed by atoms with van der Waals surface area (Å²) in [5.74, 6) is -0.867. The van der Waals surface area contributed by atoms with Crippen molar-refractivity contribution in [1.29, 1.82) is 0 Å². The first-order chi connectivity index (χ1) is 14.0. The molecule has 0 spiro atoms. The molecule has 7 heteroatoms. The highest BCUT2D eigenvalue weighted by atomic mass is 32.2. The molecule has 0 saturated heterocycles. The quantitative estimate of drug-likeness (QED) is 0.480. The van der Waals surface area contributed by atoms with Crippen molar-refractivity contribution in [2.45, 2.75) is 17.7 Å². The molecule has 1 aliphatic carbocycles. The summed E-state index contributed by atoms with van der Waals surface area (Å²) in [7, 11) is -4.04. The smallest absolute Gasteiger partial charge is 0.272 e. The zero-order valence-corrected chi connectivity index (χ0v) is 16.2. The second-order valence-corrected chi connectivity index (χ2v) is 8.73. The molecule has 3 aromatic carbocycles. The van der Waals surface area contributed by atoms with Gasteiger partial charge in [0.1, 0.15) is 4.90 Å². The van der Waals surface area contributed by atoms with E-state index in [1.807, 2.05) is 18.2 Å². The van der Waals surface area contributed by atoms with Gasteiger partial charge in [-0.25, -0.2) is 0 Å². The van der Waals surface area contributed by atoms with Crippen LogP contribution in [-0.4, -0.2) is 38.3 Å². The van der Waals surface area contributed by atoms with Crippen LogP contribution in [0.15, 0.2) is 59.5 Å². The van der Waals surface area contributed by atoms with Gasteiger partial charge in [-0.1, -0.05) is 36.4 Å². The van der Waals surface area contributed by atoms with Gasteiger partial charge < -0.3 is 0 Å². The lowest BCUT2D eigenvalue weighted by Gasteiger charge is -2.14. The second kappa shape index (κ2) is 6.50. The number of carbonyl (C=O) groups is 2. The van der Waals surface area contributed by atoms with Gasteiger partial charge in [0.25, 0.3) is 21.9 Å². The molecule has 2 aliphatic rings. The lowest BCUT2D eigenvalue weighted by molar-refractivity contribution is 0.0632. The second-order valence-electron chi connectivity index (χ2n) is 7.15. The Kier molecular flexibility index (Phi) is 4.04. The highest BCUT2D eigenvalue weighted by Gasteiger charge is 2.35. The van der Waals surface area contributed by atoms with Gasteiger partial charge in [-0.05, 0) is 47.6 Å². The zero-order valence-electron chi connectivity index (χ0n) is 15.4. The molecular formula is C22H17NO5S. The number of rotatable bonds is 5. The number of hydrogen-bond donors (Lipinski definition) is 0. The van der Waals surface area contributed by atoms with Gasteiger partial charge in [-0.3, -0.25) is 18.7 Å². The van der Waals surface area contributed by atoms with Crippen LogP contribution in [0, 0.1) is 0 Å². The first kappa shape index (κ1) is 18.0. The largest absolute Gasteiger partial charge is 0.297 e. The summed E-state index contributed by atoms with van der Waals surface area (Å²) < 4.78 is 30.9. The third kappa shape index (κ3) is 2.77. The van der Waals surface area contributed by atoms with Crippen LogP contribution in [0.25, 0.3) is 10.8 Å². The molecule has 0 fully saturated rings. The maximum atomic E-state index is 12.8. The zero-order chi connectivity index (χ0) is 20.2. The van der Waals surface area contributed by atoms with E-state index >= 15 is 0 Å². The van der Waals surface area contributed by atoms with Crippen LogP contribution in [0.5, 0.6) is 0 Å². The molecule has 0 unspecified atom stereocenters. The summed E-state index contributed by atoms with van der Waals surface area (Å²) in [4.78, 5) is 25.9. The first-order valence-corrected chi connectivity index (χ1v) is 10.8. The predicted molar refractivity (Wildman–Crippen MR) is 106 cm³/mol. The highest BCUT2D eigenvalue weighted by Crippen LogP contribution is 2.35. The molecule has 6 nitrogen and oxygen atoms in total. The Labute approximate surface area is 167 Å². The Hall–Kier alpha value is -3.03. The summed E-state index contributed by atoms with van der Waals surface area (Å²) in [6.45, 7) is -0.427. The topological polar surface area (TPSA) is 80.8 Å². The van der Waals surface area contributed by atoms with E-state index in [1.54, 1.807) is 36.4 Å². The number of hydrogen-bond acceptors (Lipinski definition) is 5. The van der Waals surface area contributed by atoms with Gasteiger partial charge >= 0.3 is 0 Å². The Bertz CT molecular complexity index is 1250. The van der Waals surface area contributed by atoms with Crippen molar-refractivity contribution in [3.05, 3.63) is 76.9 Å². The molecule has 0 bridgehead atoms. The number of amides is 2. The average molecular weight is 407 g/mol. The minimum atomic E-state index is -4.04. The van der Waals surface area contributed by atoms with E-state index in [9.17, 15) is 18.0 Å². The summed E-state index contributed by atoms with van der Waals surface area (Å²) in [6, 6.07) is 15.6. The van der Waals surface area contributed by atoms with Crippen molar-refractivity contribution in [3.63, 3.8) is 0 Å². The van der Waals surface area contributed by atoms with Crippen LogP contribution in [0.1, 0.15) is 31.8 Å². The van der Waals surface area contributed by atoms with E-state index in [4.69, 9.17) is 4.18 Å². The number of fused-ring (bicyclic) bond motifs is 1. The van der Waals surface area contributed by atoms with Crippen LogP contribution in [0.2, 0.25) is 0 Å². The standard InChI is InChI=1S/C22H17NO5S/c24-21-16-5-1-2-6-17(16)22(25)23(21)12-13-28-29(26,27)19-11-10-15-9-8-14-4-3-7-18(19)20(14)15/h1-7,10-11H,8-9,12-13H2. The average Bonchev–Trinajstić information content (AvgIpc) is 3.24. The summed E-state index contributed by atoms with van der Waals surface area (Å²) in [5.41, 5.74) is 2.93. The summed E-state index contributed by atoms with van der Waals surface area (Å²) >= 11 is 0. The van der Waals surface area contributed by atoms with E-state index in [1.165, 1.54) is 0 Å². The predicted octanol–water partition coefficient (Wildman–Crippen LogP) is 2.94. The maximum absolute atomic E-state index is 12.8. The number of benzene rings is 3. The molecule has 0 atom stereocenters. The van der Waals surface area contributed by atoms with Crippen LogP contribution in [0.4, 0.5) is 0 Å². The number of nitrogens with zero attached hydrogens (tertiary/aromatic N) is 1. The number of aryl methyl sites for hydroxylation is 2. The molecule has 2 amide bonds. The summed E-state index contributed by atoms with van der Waals surface area (Å²) in [5, 5.41) is 1.63. The molecule has 5 rings (SSSR count). The molecule has 3 aromatic rings. The van der Waals surface area contributed by atoms with Crippen molar-refractivity contribution in [2.24, 2.45) is 0 Å². The Morgan fingerprint density at radius 1 is 0.828 bits per heavy atom. The fourth-order valence-electron chi connectivity index (χ4n) is 4.18. The van der Waals surface area contributed by atoms with Crippen molar-refractivity contribution >= 4 is 32.7 Å². The first-order valence-electron chi connectivity index (χ1n) is 9.35. The molecule has 0 N–H and O–H groups in total. The Morgan fingerprint density at radius 3 is 2.17 bits per heavy atom. The third-order valence-corrected chi connectivity index (χ3v) is 6.91. The molecular weight excluding hydrogens is 390 g/mol. The van der Waals surface area contributed by atoms with E-state index < -0.39 is 21.9 Å². The van der Waals surface area contributed by atoms with Gasteiger partial charge in [0.05, 0.1) is 24.3 Å². The normalized spacial score (nSPS) is 15.4. The third-order valence-electron chi connectivity index (χ3n) is 5.54. The van der Waals surface area contributed by atoms with Gasteiger partial charge in [-0.15, -0.1) is 0 Å². The van der Waals surface area contributed by atoms with E-state index in [0.29, 0.717) is 16.5 Å². The minimum Gasteiger partial charge on any atom is -0.272 e. The lowest BCUT2D eigenvalue weighted by atomic mass is 10.1. The minimum absolute atomic E-state index is 0.113. The van der Waals surface area contributed by atoms with Crippen molar-refractivity contribution in [3.8, 4) is 0 Å². The van der Waals surface area contributed by atoms with Crippen LogP contribution < -0.4 is 0 Å². The lowest BCUT2D eigenvalue weighted by Crippen LogP contribution is -2.33. The van der Waals surface area contributed by atoms with E-state index in [2.05, 4.69) is 0 Å². The van der Waals surface area contributed by atoms with Gasteiger partial charge in [0, 0.05) is 5.39 Å². The molecule has 0 saturated carbocycles. The van der Waals surface area contributed by atoms with E-state index in [0.717, 1.165) is 34.3 Å².